The molecule has 0 aliphatic carbocycles. The van der Waals surface area contributed by atoms with E-state index in [0.29, 0.717) is 12.5 Å². The molecule has 80 valence electrons. The van der Waals surface area contributed by atoms with Gasteiger partial charge >= 0.3 is 5.97 Å². The van der Waals surface area contributed by atoms with Crippen molar-refractivity contribution in [3.8, 4) is 0 Å². The number of hydrogen-bond donors (Lipinski definition) is 1. The van der Waals surface area contributed by atoms with Crippen LogP contribution in [0.1, 0.15) is 19.8 Å². The van der Waals surface area contributed by atoms with Gasteiger partial charge in [-0.2, -0.15) is 0 Å². The molecule has 3 aliphatic heterocycles. The summed E-state index contributed by atoms with van der Waals surface area (Å²) in [7, 11) is 0. The summed E-state index contributed by atoms with van der Waals surface area (Å²) in [5.74, 6) is 0.0406. The molecule has 2 bridgehead atoms. The SMILES string of the molecule is CCOC(=O)[C@@H]1[C@@H](O)C2CCN1CC2. The minimum atomic E-state index is -0.517. The van der Waals surface area contributed by atoms with Crippen LogP contribution >= 0.6 is 0 Å². The van der Waals surface area contributed by atoms with Crippen LogP contribution in [0.15, 0.2) is 0 Å². The number of ether oxygens (including phenoxy) is 1. The second-order valence-corrected chi connectivity index (χ2v) is 4.06. The van der Waals surface area contributed by atoms with Crippen molar-refractivity contribution in [2.45, 2.75) is 31.9 Å². The van der Waals surface area contributed by atoms with E-state index >= 15 is 0 Å². The highest BCUT2D eigenvalue weighted by Gasteiger charge is 2.45. The third kappa shape index (κ3) is 1.53. The van der Waals surface area contributed by atoms with Crippen LogP contribution in [0.2, 0.25) is 0 Å². The van der Waals surface area contributed by atoms with Gasteiger partial charge in [0.2, 0.25) is 0 Å². The Morgan fingerprint density at radius 2 is 2.14 bits per heavy atom. The van der Waals surface area contributed by atoms with Crippen molar-refractivity contribution < 1.29 is 14.6 Å². The second kappa shape index (κ2) is 3.87. The molecule has 0 aromatic carbocycles. The quantitative estimate of drug-likeness (QED) is 0.636. The molecule has 14 heavy (non-hydrogen) atoms. The zero-order valence-corrected chi connectivity index (χ0v) is 8.48. The van der Waals surface area contributed by atoms with E-state index in [1.54, 1.807) is 6.92 Å². The lowest BCUT2D eigenvalue weighted by Crippen LogP contribution is -2.61. The Bertz CT molecular complexity index is 221. The van der Waals surface area contributed by atoms with Gasteiger partial charge in [0.15, 0.2) is 0 Å². The molecule has 0 amide bonds. The molecular weight excluding hydrogens is 182 g/mol. The largest absolute Gasteiger partial charge is 0.465 e. The lowest BCUT2D eigenvalue weighted by atomic mass is 9.80. The Balaban J connectivity index is 2.06. The van der Waals surface area contributed by atoms with Crippen LogP contribution in [-0.2, 0) is 9.53 Å². The number of fused-ring (bicyclic) bond motifs is 3. The molecule has 2 atom stereocenters. The topological polar surface area (TPSA) is 49.8 Å². The summed E-state index contributed by atoms with van der Waals surface area (Å²) < 4.78 is 4.96. The van der Waals surface area contributed by atoms with Gasteiger partial charge < -0.3 is 9.84 Å². The summed E-state index contributed by atoms with van der Waals surface area (Å²) in [5.41, 5.74) is 0. The molecule has 3 aliphatic rings. The number of aliphatic hydroxyl groups excluding tert-OH is 1. The van der Waals surface area contributed by atoms with Gasteiger partial charge in [-0.3, -0.25) is 9.69 Å². The third-order valence-corrected chi connectivity index (χ3v) is 3.30. The molecule has 4 nitrogen and oxygen atoms in total. The van der Waals surface area contributed by atoms with E-state index in [9.17, 15) is 9.90 Å². The van der Waals surface area contributed by atoms with Gasteiger partial charge in [-0.05, 0) is 38.8 Å². The van der Waals surface area contributed by atoms with Crippen LogP contribution in [-0.4, -0.2) is 47.8 Å². The molecule has 3 rings (SSSR count). The first-order chi connectivity index (χ1) is 6.74. The van der Waals surface area contributed by atoms with Crippen LogP contribution in [0.4, 0.5) is 0 Å². The third-order valence-electron chi connectivity index (χ3n) is 3.30. The maximum atomic E-state index is 11.6. The number of nitrogens with zero attached hydrogens (tertiary/aromatic N) is 1. The average Bonchev–Trinajstić information content (AvgIpc) is 2.19. The van der Waals surface area contributed by atoms with Gasteiger partial charge in [-0.25, -0.2) is 0 Å². The Morgan fingerprint density at radius 1 is 1.50 bits per heavy atom. The van der Waals surface area contributed by atoms with Crippen molar-refractivity contribution in [3.63, 3.8) is 0 Å². The van der Waals surface area contributed by atoms with Crippen molar-refractivity contribution in [3.05, 3.63) is 0 Å². The maximum absolute atomic E-state index is 11.6. The molecule has 4 heteroatoms. The first kappa shape index (κ1) is 9.93. The van der Waals surface area contributed by atoms with Gasteiger partial charge in [-0.15, -0.1) is 0 Å². The number of hydrogen-bond acceptors (Lipinski definition) is 4. The van der Waals surface area contributed by atoms with E-state index in [4.69, 9.17) is 4.74 Å². The predicted molar refractivity (Wildman–Crippen MR) is 50.7 cm³/mol. The van der Waals surface area contributed by atoms with Crippen LogP contribution in [0.5, 0.6) is 0 Å². The van der Waals surface area contributed by atoms with E-state index < -0.39 is 12.1 Å². The highest BCUT2D eigenvalue weighted by atomic mass is 16.5. The van der Waals surface area contributed by atoms with Crippen LogP contribution in [0, 0.1) is 5.92 Å². The molecule has 3 fully saturated rings. The van der Waals surface area contributed by atoms with Crippen LogP contribution < -0.4 is 0 Å². The molecule has 0 saturated carbocycles. The summed E-state index contributed by atoms with van der Waals surface area (Å²) >= 11 is 0. The van der Waals surface area contributed by atoms with Crippen molar-refractivity contribution in [1.82, 2.24) is 4.90 Å². The molecule has 0 spiro atoms. The lowest BCUT2D eigenvalue weighted by Gasteiger charge is -2.47. The highest BCUT2D eigenvalue weighted by molar-refractivity contribution is 5.77. The van der Waals surface area contributed by atoms with Crippen molar-refractivity contribution in [1.29, 1.82) is 0 Å². The van der Waals surface area contributed by atoms with Crippen molar-refractivity contribution >= 4 is 5.97 Å². The molecule has 0 aromatic heterocycles. The fraction of sp³-hybridized carbons (Fsp3) is 0.900. The summed E-state index contributed by atoms with van der Waals surface area (Å²) in [5, 5.41) is 9.91. The normalized spacial score (nSPS) is 41.0. The van der Waals surface area contributed by atoms with E-state index in [1.807, 2.05) is 4.90 Å². The van der Waals surface area contributed by atoms with Gasteiger partial charge in [0, 0.05) is 0 Å². The van der Waals surface area contributed by atoms with Gasteiger partial charge in [0.05, 0.1) is 12.7 Å². The summed E-state index contributed by atoms with van der Waals surface area (Å²) in [4.78, 5) is 13.6. The minimum absolute atomic E-state index is 0.260. The number of rotatable bonds is 2. The molecule has 3 heterocycles. The molecular formula is C10H17NO3. The van der Waals surface area contributed by atoms with E-state index in [1.165, 1.54) is 0 Å². The Labute approximate surface area is 83.8 Å². The minimum Gasteiger partial charge on any atom is -0.465 e. The van der Waals surface area contributed by atoms with E-state index in [-0.39, 0.29) is 5.97 Å². The first-order valence-electron chi connectivity index (χ1n) is 5.32. The van der Waals surface area contributed by atoms with Gasteiger partial charge in [0.1, 0.15) is 6.04 Å². The number of piperidine rings is 3. The van der Waals surface area contributed by atoms with E-state index in [0.717, 1.165) is 25.9 Å². The second-order valence-electron chi connectivity index (χ2n) is 4.06. The summed E-state index contributed by atoms with van der Waals surface area (Å²) in [6.07, 6.45) is 1.50. The fourth-order valence-electron chi connectivity index (χ4n) is 2.53. The van der Waals surface area contributed by atoms with Crippen LogP contribution in [0.25, 0.3) is 0 Å². The van der Waals surface area contributed by atoms with E-state index in [2.05, 4.69) is 0 Å². The Morgan fingerprint density at radius 3 is 2.64 bits per heavy atom. The number of esters is 1. The molecule has 3 saturated heterocycles. The number of aliphatic hydroxyl groups is 1. The highest BCUT2D eigenvalue weighted by Crippen LogP contribution is 2.32. The van der Waals surface area contributed by atoms with Gasteiger partial charge in [0.25, 0.3) is 0 Å². The first-order valence-corrected chi connectivity index (χ1v) is 5.32. The molecule has 1 N–H and O–H groups in total. The molecule has 0 aromatic rings. The Kier molecular flexibility index (Phi) is 2.74. The van der Waals surface area contributed by atoms with Gasteiger partial charge in [-0.1, -0.05) is 0 Å². The monoisotopic (exact) mass is 199 g/mol. The number of carbonyl (C=O) groups is 1. The zero-order valence-electron chi connectivity index (χ0n) is 8.48. The molecule has 0 unspecified atom stereocenters. The maximum Gasteiger partial charge on any atom is 0.326 e. The lowest BCUT2D eigenvalue weighted by molar-refractivity contribution is -0.164. The summed E-state index contributed by atoms with van der Waals surface area (Å²) in [6, 6.07) is -0.401. The predicted octanol–water partition coefficient (Wildman–Crippen LogP) is 0.00460. The van der Waals surface area contributed by atoms with Crippen molar-refractivity contribution in [2.75, 3.05) is 19.7 Å². The van der Waals surface area contributed by atoms with Crippen LogP contribution in [0.3, 0.4) is 0 Å². The summed E-state index contributed by atoms with van der Waals surface area (Å²) in [6.45, 7) is 4.03. The zero-order chi connectivity index (χ0) is 10.1. The van der Waals surface area contributed by atoms with Crippen molar-refractivity contribution in [2.24, 2.45) is 5.92 Å². The molecule has 0 radical (unpaired) electrons. The average molecular weight is 199 g/mol. The standard InChI is InChI=1S/C10H17NO3/c1-2-14-10(13)8-9(12)7-3-5-11(8)6-4-7/h7-9,12H,2-6H2,1H3/t8-,9-/m0/s1. The number of carbonyl (C=O) groups excluding carboxylic acids is 1. The Hall–Kier alpha value is -0.610. The smallest absolute Gasteiger partial charge is 0.326 e. The fourth-order valence-corrected chi connectivity index (χ4v) is 2.53.